The molecule has 0 saturated carbocycles. The second-order valence-electron chi connectivity index (χ2n) is 7.68. The predicted molar refractivity (Wildman–Crippen MR) is 137 cm³/mol. The lowest BCUT2D eigenvalue weighted by atomic mass is 10.2. The normalized spacial score (nSPS) is 10.9. The average molecular weight is 519 g/mol. The average Bonchev–Trinajstić information content (AvgIpc) is 2.83. The molecule has 2 aromatic rings. The topological polar surface area (TPSA) is 69.2 Å². The van der Waals surface area contributed by atoms with Gasteiger partial charge >= 0.3 is 0 Å². The first-order chi connectivity index (χ1) is 16.1. The first-order valence-electron chi connectivity index (χ1n) is 11.6. The van der Waals surface area contributed by atoms with E-state index in [2.05, 4.69) is 46.4 Å². The Kier molecular flexibility index (Phi) is 12.4. The third-order valence-corrected chi connectivity index (χ3v) is 5.68. The minimum absolute atomic E-state index is 0.158. The number of hydrazone groups is 1. The van der Waals surface area contributed by atoms with E-state index in [0.29, 0.717) is 37.6 Å². The third-order valence-electron chi connectivity index (χ3n) is 5.06. The van der Waals surface area contributed by atoms with Gasteiger partial charge in [-0.05, 0) is 76.7 Å². The van der Waals surface area contributed by atoms with Crippen molar-refractivity contribution in [3.8, 4) is 17.2 Å². The van der Waals surface area contributed by atoms with Crippen molar-refractivity contribution in [1.82, 2.24) is 5.43 Å². The number of aryl methyl sites for hydroxylation is 1. The third kappa shape index (κ3) is 9.86. The number of unbranched alkanes of at least 4 members (excludes halogenated alkanes) is 3. The van der Waals surface area contributed by atoms with Crippen LogP contribution >= 0.6 is 15.9 Å². The van der Waals surface area contributed by atoms with Gasteiger partial charge < -0.3 is 14.2 Å². The summed E-state index contributed by atoms with van der Waals surface area (Å²) < 4.78 is 17.9. The summed E-state index contributed by atoms with van der Waals surface area (Å²) in [5.74, 6) is 1.99. The highest BCUT2D eigenvalue weighted by Crippen LogP contribution is 2.28. The number of halogens is 1. The SMILES string of the molecule is CCCCCCOc1ccc(/C=N/NC(=O)CCCOc2ccc(CC)cc2Br)cc1OC. The molecule has 0 radical (unpaired) electrons. The van der Waals surface area contributed by atoms with Gasteiger partial charge in [-0.25, -0.2) is 5.43 Å². The van der Waals surface area contributed by atoms with Crippen molar-refractivity contribution < 1.29 is 19.0 Å². The van der Waals surface area contributed by atoms with Gasteiger partial charge in [-0.15, -0.1) is 0 Å². The lowest BCUT2D eigenvalue weighted by molar-refractivity contribution is -0.121. The van der Waals surface area contributed by atoms with Crippen molar-refractivity contribution in [2.45, 2.75) is 58.8 Å². The molecule has 0 fully saturated rings. The van der Waals surface area contributed by atoms with Crippen molar-refractivity contribution in [2.75, 3.05) is 20.3 Å². The molecule has 0 unspecified atom stereocenters. The molecule has 1 amide bonds. The van der Waals surface area contributed by atoms with Gasteiger partial charge in [-0.1, -0.05) is 39.2 Å². The first-order valence-corrected chi connectivity index (χ1v) is 12.4. The Morgan fingerprint density at radius 2 is 1.73 bits per heavy atom. The number of hydrogen-bond acceptors (Lipinski definition) is 5. The maximum atomic E-state index is 12.0. The quantitative estimate of drug-likeness (QED) is 0.171. The predicted octanol–water partition coefficient (Wildman–Crippen LogP) is 6.29. The largest absolute Gasteiger partial charge is 0.493 e. The zero-order chi connectivity index (χ0) is 23.9. The summed E-state index contributed by atoms with van der Waals surface area (Å²) in [5.41, 5.74) is 4.61. The van der Waals surface area contributed by atoms with E-state index in [1.807, 2.05) is 30.3 Å². The molecule has 180 valence electrons. The molecule has 7 heteroatoms. The Bertz CT molecular complexity index is 902. The van der Waals surface area contributed by atoms with Crippen LogP contribution in [0.1, 0.15) is 63.5 Å². The standard InChI is InChI=1S/C26H35BrN2O4/c1-4-6-7-8-15-33-24-14-12-21(18-25(24)31-3)19-28-29-26(30)10-9-16-32-23-13-11-20(5-2)17-22(23)27/h11-14,17-19H,4-10,15-16H2,1-3H3,(H,29,30)/b28-19+. The zero-order valence-electron chi connectivity index (χ0n) is 19.9. The summed E-state index contributed by atoms with van der Waals surface area (Å²) in [4.78, 5) is 12.0. The molecule has 1 N–H and O–H groups in total. The van der Waals surface area contributed by atoms with Crippen LogP contribution in [-0.4, -0.2) is 32.4 Å². The van der Waals surface area contributed by atoms with Gasteiger partial charge in [0.1, 0.15) is 5.75 Å². The molecule has 0 bridgehead atoms. The number of carbonyl (C=O) groups is 1. The molecular formula is C26H35BrN2O4. The lowest BCUT2D eigenvalue weighted by Gasteiger charge is -2.11. The summed E-state index contributed by atoms with van der Waals surface area (Å²) in [7, 11) is 1.61. The fraction of sp³-hybridized carbons (Fsp3) is 0.462. The fourth-order valence-electron chi connectivity index (χ4n) is 3.13. The number of rotatable bonds is 15. The molecule has 0 atom stereocenters. The summed E-state index contributed by atoms with van der Waals surface area (Å²) in [6, 6.07) is 11.6. The Morgan fingerprint density at radius 3 is 2.45 bits per heavy atom. The monoisotopic (exact) mass is 518 g/mol. The van der Waals surface area contributed by atoms with Crippen LogP contribution in [0.4, 0.5) is 0 Å². The molecule has 2 aromatic carbocycles. The van der Waals surface area contributed by atoms with Crippen LogP contribution in [0.25, 0.3) is 0 Å². The van der Waals surface area contributed by atoms with E-state index >= 15 is 0 Å². The fourth-order valence-corrected chi connectivity index (χ4v) is 3.67. The Morgan fingerprint density at radius 1 is 0.970 bits per heavy atom. The molecule has 0 spiro atoms. The van der Waals surface area contributed by atoms with Crippen LogP contribution in [0.5, 0.6) is 17.2 Å². The molecular weight excluding hydrogens is 484 g/mol. The summed E-state index contributed by atoms with van der Waals surface area (Å²) in [6.45, 7) is 5.43. The van der Waals surface area contributed by atoms with E-state index in [1.165, 1.54) is 24.8 Å². The van der Waals surface area contributed by atoms with E-state index in [-0.39, 0.29) is 5.91 Å². The van der Waals surface area contributed by atoms with Crippen LogP contribution in [0.15, 0.2) is 46.0 Å². The van der Waals surface area contributed by atoms with Crippen molar-refractivity contribution >= 4 is 28.1 Å². The molecule has 6 nitrogen and oxygen atoms in total. The number of carbonyl (C=O) groups excluding carboxylic acids is 1. The number of hydrogen-bond donors (Lipinski definition) is 1. The van der Waals surface area contributed by atoms with E-state index < -0.39 is 0 Å². The molecule has 2 rings (SSSR count). The van der Waals surface area contributed by atoms with Gasteiger partial charge in [-0.3, -0.25) is 4.79 Å². The van der Waals surface area contributed by atoms with E-state index in [0.717, 1.165) is 28.6 Å². The summed E-state index contributed by atoms with van der Waals surface area (Å²) >= 11 is 3.52. The number of nitrogens with one attached hydrogen (secondary N) is 1. The number of amides is 1. The summed E-state index contributed by atoms with van der Waals surface area (Å²) in [5, 5.41) is 4.04. The van der Waals surface area contributed by atoms with Crippen molar-refractivity contribution in [2.24, 2.45) is 5.10 Å². The van der Waals surface area contributed by atoms with Crippen LogP contribution in [0, 0.1) is 0 Å². The number of ether oxygens (including phenoxy) is 3. The van der Waals surface area contributed by atoms with Crippen molar-refractivity contribution in [1.29, 1.82) is 0 Å². The van der Waals surface area contributed by atoms with Gasteiger partial charge in [0.25, 0.3) is 0 Å². The minimum atomic E-state index is -0.158. The van der Waals surface area contributed by atoms with Crippen LogP contribution < -0.4 is 19.6 Å². The molecule has 0 aliphatic carbocycles. The Balaban J connectivity index is 1.72. The molecule has 0 aliphatic rings. The highest BCUT2D eigenvalue weighted by Gasteiger charge is 2.06. The number of benzene rings is 2. The van der Waals surface area contributed by atoms with Crippen molar-refractivity contribution in [3.63, 3.8) is 0 Å². The highest BCUT2D eigenvalue weighted by atomic mass is 79.9. The molecule has 33 heavy (non-hydrogen) atoms. The molecule has 0 aliphatic heterocycles. The second-order valence-corrected chi connectivity index (χ2v) is 8.54. The van der Waals surface area contributed by atoms with Gasteiger partial charge in [0.2, 0.25) is 5.91 Å². The minimum Gasteiger partial charge on any atom is -0.493 e. The second kappa shape index (κ2) is 15.3. The van der Waals surface area contributed by atoms with Gasteiger partial charge in [0.15, 0.2) is 11.5 Å². The Labute approximate surface area is 205 Å². The smallest absolute Gasteiger partial charge is 0.240 e. The van der Waals surface area contributed by atoms with Crippen LogP contribution in [-0.2, 0) is 11.2 Å². The van der Waals surface area contributed by atoms with Crippen LogP contribution in [0.3, 0.4) is 0 Å². The lowest BCUT2D eigenvalue weighted by Crippen LogP contribution is -2.18. The van der Waals surface area contributed by atoms with E-state index in [1.54, 1.807) is 13.3 Å². The molecule has 0 aromatic heterocycles. The maximum Gasteiger partial charge on any atom is 0.240 e. The molecule has 0 saturated heterocycles. The number of nitrogens with zero attached hydrogens (tertiary/aromatic N) is 1. The van der Waals surface area contributed by atoms with Gasteiger partial charge in [0.05, 0.1) is 31.0 Å². The van der Waals surface area contributed by atoms with Crippen molar-refractivity contribution in [3.05, 3.63) is 52.0 Å². The van der Waals surface area contributed by atoms with Gasteiger partial charge in [0, 0.05) is 6.42 Å². The first kappa shape index (κ1) is 26.7. The van der Waals surface area contributed by atoms with E-state index in [4.69, 9.17) is 14.2 Å². The van der Waals surface area contributed by atoms with E-state index in [9.17, 15) is 4.79 Å². The number of methoxy groups -OCH3 is 1. The Hall–Kier alpha value is -2.54. The summed E-state index contributed by atoms with van der Waals surface area (Å²) in [6.07, 6.45) is 8.11. The van der Waals surface area contributed by atoms with Gasteiger partial charge in [-0.2, -0.15) is 5.10 Å². The van der Waals surface area contributed by atoms with Crippen LogP contribution in [0.2, 0.25) is 0 Å². The zero-order valence-corrected chi connectivity index (χ0v) is 21.4. The molecule has 0 heterocycles. The highest BCUT2D eigenvalue weighted by molar-refractivity contribution is 9.10. The maximum absolute atomic E-state index is 12.0.